The van der Waals surface area contributed by atoms with Crippen LogP contribution in [0.15, 0.2) is 60.1 Å². The van der Waals surface area contributed by atoms with E-state index in [-0.39, 0.29) is 28.8 Å². The normalized spacial score (nSPS) is 17.3. The van der Waals surface area contributed by atoms with Gasteiger partial charge < -0.3 is 5.73 Å². The molecule has 1 amide bonds. The summed E-state index contributed by atoms with van der Waals surface area (Å²) in [4.78, 5) is 15.4. The lowest BCUT2D eigenvalue weighted by Crippen LogP contribution is -2.20. The van der Waals surface area contributed by atoms with E-state index in [4.69, 9.17) is 5.73 Å². The molecule has 0 saturated carbocycles. The lowest BCUT2D eigenvalue weighted by Gasteiger charge is -2.18. The highest BCUT2D eigenvalue weighted by Crippen LogP contribution is 2.34. The quantitative estimate of drug-likeness (QED) is 0.338. The predicted octanol–water partition coefficient (Wildman–Crippen LogP) is 5.43. The van der Waals surface area contributed by atoms with Gasteiger partial charge in [-0.15, -0.1) is 0 Å². The molecule has 1 aromatic heterocycles. The highest BCUT2D eigenvalue weighted by atomic mass is 19.4. The number of aromatic nitrogens is 1. The van der Waals surface area contributed by atoms with Crippen LogP contribution in [0.2, 0.25) is 0 Å². The number of carbonyl (C=O) groups is 1. The second-order valence-electron chi connectivity index (χ2n) is 7.84. The Hall–Kier alpha value is -3.70. The maximum Gasteiger partial charge on any atom is 0.416 e. The highest BCUT2D eigenvalue weighted by molar-refractivity contribution is 6.18. The highest BCUT2D eigenvalue weighted by Gasteiger charge is 2.34. The van der Waals surface area contributed by atoms with Gasteiger partial charge in [0.05, 0.1) is 23.3 Å². The van der Waals surface area contributed by atoms with Crippen molar-refractivity contribution in [3.05, 3.63) is 83.2 Å². The van der Waals surface area contributed by atoms with Gasteiger partial charge in [-0.05, 0) is 47.9 Å². The number of alkyl halides is 6. The van der Waals surface area contributed by atoms with Crippen molar-refractivity contribution < 1.29 is 35.5 Å². The maximum absolute atomic E-state index is 14.1. The molecular formula is C23H19F7N4O. The lowest BCUT2D eigenvalue weighted by atomic mass is 9.92. The van der Waals surface area contributed by atoms with Gasteiger partial charge >= 0.3 is 12.4 Å². The Bertz CT molecular complexity index is 1200. The third kappa shape index (κ3) is 6.67. The molecule has 35 heavy (non-hydrogen) atoms. The lowest BCUT2D eigenvalue weighted by molar-refractivity contribution is -0.138. The minimum Gasteiger partial charge on any atom is -0.366 e. The molecule has 186 valence electrons. The standard InChI is InChI=1S/C23H19F7N4O/c1-13-4-3-7-34(12-18(21(31)35)17-5-2-6-32-20(17)24)33-19(13)15-8-14(11-22(25,26)27)9-16(10-15)23(28,29)30/h2-3,5-10,12-13H,4,11H2,1H3,(H2,31,35). The van der Waals surface area contributed by atoms with Crippen molar-refractivity contribution in [2.45, 2.75) is 32.1 Å². The number of carbonyl (C=O) groups excluding carboxylic acids is 1. The Balaban J connectivity index is 2.14. The first-order chi connectivity index (χ1) is 16.2. The smallest absolute Gasteiger partial charge is 0.366 e. The van der Waals surface area contributed by atoms with E-state index in [0.29, 0.717) is 6.07 Å². The number of halogens is 7. The molecule has 0 spiro atoms. The van der Waals surface area contributed by atoms with Crippen molar-refractivity contribution in [2.75, 3.05) is 0 Å². The zero-order valence-electron chi connectivity index (χ0n) is 18.2. The summed E-state index contributed by atoms with van der Waals surface area (Å²) in [6.07, 6.45) is -5.68. The van der Waals surface area contributed by atoms with Gasteiger partial charge in [-0.1, -0.05) is 13.0 Å². The van der Waals surface area contributed by atoms with E-state index in [9.17, 15) is 35.5 Å². The van der Waals surface area contributed by atoms with E-state index < -0.39 is 47.7 Å². The molecule has 0 bridgehead atoms. The van der Waals surface area contributed by atoms with Gasteiger partial charge in [0.1, 0.15) is 0 Å². The van der Waals surface area contributed by atoms with Crippen LogP contribution in [0, 0.1) is 11.9 Å². The van der Waals surface area contributed by atoms with Crippen molar-refractivity contribution in [1.29, 1.82) is 0 Å². The van der Waals surface area contributed by atoms with Gasteiger partial charge in [0, 0.05) is 30.1 Å². The Morgan fingerprint density at radius 1 is 1.20 bits per heavy atom. The number of benzene rings is 1. The molecule has 5 nitrogen and oxygen atoms in total. The topological polar surface area (TPSA) is 71.6 Å². The van der Waals surface area contributed by atoms with Gasteiger partial charge in [0.15, 0.2) is 0 Å². The van der Waals surface area contributed by atoms with Gasteiger partial charge in [-0.2, -0.15) is 35.8 Å². The van der Waals surface area contributed by atoms with Crippen molar-refractivity contribution in [3.8, 4) is 0 Å². The molecule has 1 aliphatic rings. The number of primary amides is 1. The first kappa shape index (κ1) is 25.9. The molecule has 1 aliphatic heterocycles. The minimum absolute atomic E-state index is 0.0382. The fourth-order valence-electron chi connectivity index (χ4n) is 3.48. The summed E-state index contributed by atoms with van der Waals surface area (Å²) in [5.74, 6) is -2.51. The average Bonchev–Trinajstić information content (AvgIpc) is 2.91. The third-order valence-corrected chi connectivity index (χ3v) is 5.03. The van der Waals surface area contributed by atoms with Crippen molar-refractivity contribution in [2.24, 2.45) is 16.8 Å². The number of amides is 1. The molecule has 1 unspecified atom stereocenters. The second-order valence-corrected chi connectivity index (χ2v) is 7.84. The Kier molecular flexibility index (Phi) is 7.32. The first-order valence-corrected chi connectivity index (χ1v) is 10.2. The van der Waals surface area contributed by atoms with Gasteiger partial charge in [0.25, 0.3) is 5.91 Å². The second kappa shape index (κ2) is 9.88. The zero-order valence-corrected chi connectivity index (χ0v) is 18.2. The SMILES string of the molecule is CC1CC=CN(C=C(C(N)=O)c2cccnc2F)N=C1c1cc(CC(F)(F)F)cc(C(F)(F)F)c1. The summed E-state index contributed by atoms with van der Waals surface area (Å²) in [7, 11) is 0. The number of allylic oxidation sites excluding steroid dienone is 1. The van der Waals surface area contributed by atoms with E-state index in [0.717, 1.165) is 29.5 Å². The molecule has 0 radical (unpaired) electrons. The van der Waals surface area contributed by atoms with Crippen LogP contribution < -0.4 is 5.73 Å². The van der Waals surface area contributed by atoms with Crippen LogP contribution >= 0.6 is 0 Å². The summed E-state index contributed by atoms with van der Waals surface area (Å²) in [6.45, 7) is 1.63. The van der Waals surface area contributed by atoms with Crippen LogP contribution in [-0.4, -0.2) is 27.8 Å². The van der Waals surface area contributed by atoms with Crippen LogP contribution in [0.3, 0.4) is 0 Å². The summed E-state index contributed by atoms with van der Waals surface area (Å²) < 4.78 is 93.3. The number of hydrazone groups is 1. The summed E-state index contributed by atoms with van der Waals surface area (Å²) in [5, 5.41) is 5.30. The number of nitrogens with two attached hydrogens (primary N) is 1. The van der Waals surface area contributed by atoms with Gasteiger partial charge in [-0.3, -0.25) is 4.79 Å². The number of nitrogens with zero attached hydrogens (tertiary/aromatic N) is 3. The van der Waals surface area contributed by atoms with Gasteiger partial charge in [0.2, 0.25) is 5.95 Å². The minimum atomic E-state index is -4.89. The number of hydrogen-bond donors (Lipinski definition) is 1. The molecular weight excluding hydrogens is 481 g/mol. The van der Waals surface area contributed by atoms with Crippen LogP contribution in [0.1, 0.15) is 35.6 Å². The fourth-order valence-corrected chi connectivity index (χ4v) is 3.48. The molecule has 0 aliphatic carbocycles. The number of pyridine rings is 1. The molecule has 2 heterocycles. The number of rotatable bonds is 5. The van der Waals surface area contributed by atoms with E-state index >= 15 is 0 Å². The van der Waals surface area contributed by atoms with Crippen LogP contribution in [-0.2, 0) is 17.4 Å². The van der Waals surface area contributed by atoms with Crippen LogP contribution in [0.25, 0.3) is 5.57 Å². The summed E-state index contributed by atoms with van der Waals surface area (Å²) >= 11 is 0. The van der Waals surface area contributed by atoms with Crippen molar-refractivity contribution >= 4 is 17.2 Å². The first-order valence-electron chi connectivity index (χ1n) is 10.2. The molecule has 0 saturated heterocycles. The predicted molar refractivity (Wildman–Crippen MR) is 114 cm³/mol. The van der Waals surface area contributed by atoms with E-state index in [2.05, 4.69) is 10.1 Å². The molecule has 2 N–H and O–H groups in total. The Labute approximate surface area is 195 Å². The van der Waals surface area contributed by atoms with Crippen molar-refractivity contribution in [1.82, 2.24) is 9.99 Å². The van der Waals surface area contributed by atoms with Crippen molar-refractivity contribution in [3.63, 3.8) is 0 Å². The molecule has 3 rings (SSSR count). The third-order valence-electron chi connectivity index (χ3n) is 5.03. The monoisotopic (exact) mass is 500 g/mol. The van der Waals surface area contributed by atoms with Crippen LogP contribution in [0.5, 0.6) is 0 Å². The fraction of sp³-hybridized carbons (Fsp3) is 0.261. The molecule has 1 aromatic carbocycles. The van der Waals surface area contributed by atoms with Crippen LogP contribution in [0.4, 0.5) is 30.7 Å². The Morgan fingerprint density at radius 2 is 1.91 bits per heavy atom. The molecule has 2 aromatic rings. The maximum atomic E-state index is 14.1. The average molecular weight is 500 g/mol. The van der Waals surface area contributed by atoms with E-state index in [1.54, 1.807) is 13.0 Å². The molecule has 12 heteroatoms. The summed E-state index contributed by atoms with van der Waals surface area (Å²) in [5.41, 5.74) is 2.88. The van der Waals surface area contributed by atoms with Gasteiger partial charge in [-0.25, -0.2) is 9.99 Å². The zero-order chi connectivity index (χ0) is 26.0. The number of hydrogen-bond acceptors (Lipinski definition) is 4. The Morgan fingerprint density at radius 3 is 2.51 bits per heavy atom. The van der Waals surface area contributed by atoms with E-state index in [1.807, 2.05) is 0 Å². The molecule has 0 fully saturated rings. The van der Waals surface area contributed by atoms with E-state index in [1.165, 1.54) is 18.3 Å². The largest absolute Gasteiger partial charge is 0.416 e. The molecule has 1 atom stereocenters. The summed E-state index contributed by atoms with van der Waals surface area (Å²) in [6, 6.07) is 4.80.